The van der Waals surface area contributed by atoms with Crippen LogP contribution in [0, 0.1) is 0 Å². The van der Waals surface area contributed by atoms with Crippen LogP contribution >= 0.6 is 23.1 Å². The van der Waals surface area contributed by atoms with Gasteiger partial charge in [0.05, 0.1) is 4.88 Å². The number of thiophene rings is 1. The first kappa shape index (κ1) is 13.1. The first-order chi connectivity index (χ1) is 7.54. The lowest BCUT2D eigenvalue weighted by molar-refractivity contribution is 0.0702. The van der Waals surface area contributed by atoms with Crippen molar-refractivity contribution in [2.45, 2.75) is 12.2 Å². The highest BCUT2D eigenvalue weighted by Crippen LogP contribution is 2.16. The van der Waals surface area contributed by atoms with Crippen LogP contribution in [-0.4, -0.2) is 35.0 Å². The molecule has 16 heavy (non-hydrogen) atoms. The van der Waals surface area contributed by atoms with Crippen molar-refractivity contribution in [1.82, 2.24) is 5.32 Å². The van der Waals surface area contributed by atoms with Gasteiger partial charge in [0, 0.05) is 11.8 Å². The molecule has 1 unspecified atom stereocenters. The summed E-state index contributed by atoms with van der Waals surface area (Å²) in [5.74, 6) is -1.21. The summed E-state index contributed by atoms with van der Waals surface area (Å²) in [4.78, 5) is 22.8. The molecule has 2 N–H and O–H groups in total. The van der Waals surface area contributed by atoms with Crippen molar-refractivity contribution in [3.8, 4) is 0 Å². The summed E-state index contributed by atoms with van der Waals surface area (Å²) in [6, 6.07) is 2.98. The number of rotatable bonds is 5. The van der Waals surface area contributed by atoms with E-state index >= 15 is 0 Å². The highest BCUT2D eigenvalue weighted by Gasteiger charge is 2.13. The molecule has 0 saturated carbocycles. The van der Waals surface area contributed by atoms with Gasteiger partial charge < -0.3 is 10.4 Å². The van der Waals surface area contributed by atoms with E-state index in [4.69, 9.17) is 5.11 Å². The van der Waals surface area contributed by atoms with Gasteiger partial charge in [0.2, 0.25) is 0 Å². The lowest BCUT2D eigenvalue weighted by Crippen LogP contribution is -2.28. The molecule has 0 spiro atoms. The van der Waals surface area contributed by atoms with E-state index in [-0.39, 0.29) is 10.8 Å². The molecule has 1 heterocycles. The Labute approximate surface area is 102 Å². The number of carbonyl (C=O) groups excluding carboxylic acids is 1. The Morgan fingerprint density at radius 3 is 2.62 bits per heavy atom. The predicted molar refractivity (Wildman–Crippen MR) is 66.6 cm³/mol. The molecule has 1 atom stereocenters. The molecule has 0 aliphatic rings. The molecule has 1 aromatic heterocycles. The number of carboxylic acids is 1. The Hall–Kier alpha value is -1.01. The molecule has 1 rings (SSSR count). The van der Waals surface area contributed by atoms with Crippen molar-refractivity contribution in [2.24, 2.45) is 0 Å². The molecule has 0 aliphatic heterocycles. The van der Waals surface area contributed by atoms with Gasteiger partial charge in [0.1, 0.15) is 4.88 Å². The summed E-state index contributed by atoms with van der Waals surface area (Å²) in [5.41, 5.74) is 0. The van der Waals surface area contributed by atoms with E-state index < -0.39 is 5.97 Å². The quantitative estimate of drug-likeness (QED) is 0.848. The summed E-state index contributed by atoms with van der Waals surface area (Å²) in [6.45, 7) is 2.60. The second-order valence-corrected chi connectivity index (χ2v) is 5.59. The van der Waals surface area contributed by atoms with Gasteiger partial charge in [-0.05, 0) is 18.4 Å². The van der Waals surface area contributed by atoms with Gasteiger partial charge in [0.15, 0.2) is 0 Å². The average Bonchev–Trinajstić information content (AvgIpc) is 2.74. The molecule has 0 saturated heterocycles. The van der Waals surface area contributed by atoms with Crippen molar-refractivity contribution in [3.05, 3.63) is 21.9 Å². The monoisotopic (exact) mass is 259 g/mol. The Kier molecular flexibility index (Phi) is 4.82. The number of hydrogen-bond acceptors (Lipinski definition) is 4. The standard InChI is InChI=1S/C10H13NO3S2/c1-6(15-2)5-11-9(12)7-3-4-8(16-7)10(13)14/h3-4,6H,5H2,1-2H3,(H,11,12)(H,13,14). The minimum Gasteiger partial charge on any atom is -0.477 e. The van der Waals surface area contributed by atoms with Gasteiger partial charge in [-0.1, -0.05) is 6.92 Å². The summed E-state index contributed by atoms with van der Waals surface area (Å²) >= 11 is 2.66. The van der Waals surface area contributed by atoms with Gasteiger partial charge in [-0.15, -0.1) is 11.3 Å². The van der Waals surface area contributed by atoms with Crippen LogP contribution in [0.25, 0.3) is 0 Å². The zero-order chi connectivity index (χ0) is 12.1. The largest absolute Gasteiger partial charge is 0.477 e. The van der Waals surface area contributed by atoms with E-state index in [9.17, 15) is 9.59 Å². The maximum Gasteiger partial charge on any atom is 0.345 e. The van der Waals surface area contributed by atoms with Crippen LogP contribution in [0.15, 0.2) is 12.1 Å². The van der Waals surface area contributed by atoms with Crippen LogP contribution in [0.5, 0.6) is 0 Å². The lowest BCUT2D eigenvalue weighted by atomic mass is 10.4. The number of nitrogens with one attached hydrogen (secondary N) is 1. The van der Waals surface area contributed by atoms with Crippen molar-refractivity contribution in [2.75, 3.05) is 12.8 Å². The Morgan fingerprint density at radius 1 is 1.50 bits per heavy atom. The van der Waals surface area contributed by atoms with Gasteiger partial charge in [-0.3, -0.25) is 4.79 Å². The molecule has 4 nitrogen and oxygen atoms in total. The third-order valence-electron chi connectivity index (χ3n) is 1.99. The molecular formula is C10H13NO3S2. The zero-order valence-corrected chi connectivity index (χ0v) is 10.7. The molecule has 0 aromatic carbocycles. The Balaban J connectivity index is 2.56. The summed E-state index contributed by atoms with van der Waals surface area (Å²) < 4.78 is 0. The first-order valence-corrected chi connectivity index (χ1v) is 6.79. The maximum atomic E-state index is 11.6. The number of thioether (sulfide) groups is 1. The molecule has 0 aliphatic carbocycles. The number of carboxylic acid groups (broad SMARTS) is 1. The van der Waals surface area contributed by atoms with E-state index in [1.165, 1.54) is 12.1 Å². The van der Waals surface area contributed by atoms with E-state index in [1.54, 1.807) is 11.8 Å². The van der Waals surface area contributed by atoms with E-state index in [0.29, 0.717) is 16.7 Å². The predicted octanol–water partition coefficient (Wildman–Crippen LogP) is 1.93. The molecule has 6 heteroatoms. The summed E-state index contributed by atoms with van der Waals surface area (Å²) in [5, 5.41) is 11.8. The minimum atomic E-state index is -0.999. The molecule has 1 amide bonds. The van der Waals surface area contributed by atoms with Gasteiger partial charge in [0.25, 0.3) is 5.91 Å². The highest BCUT2D eigenvalue weighted by molar-refractivity contribution is 7.99. The average molecular weight is 259 g/mol. The first-order valence-electron chi connectivity index (χ1n) is 4.68. The lowest BCUT2D eigenvalue weighted by Gasteiger charge is -2.08. The van der Waals surface area contributed by atoms with E-state index in [2.05, 4.69) is 5.32 Å². The highest BCUT2D eigenvalue weighted by atomic mass is 32.2. The number of carbonyl (C=O) groups is 2. The number of hydrogen-bond donors (Lipinski definition) is 2. The minimum absolute atomic E-state index is 0.183. The second kappa shape index (κ2) is 5.91. The van der Waals surface area contributed by atoms with Gasteiger partial charge >= 0.3 is 5.97 Å². The fourth-order valence-corrected chi connectivity index (χ4v) is 1.99. The maximum absolute atomic E-state index is 11.6. The van der Waals surface area contributed by atoms with E-state index in [0.717, 1.165) is 11.3 Å². The van der Waals surface area contributed by atoms with Crippen molar-refractivity contribution in [3.63, 3.8) is 0 Å². The zero-order valence-electron chi connectivity index (χ0n) is 9.02. The third kappa shape index (κ3) is 3.53. The Bertz CT molecular complexity index is 389. The van der Waals surface area contributed by atoms with Crippen molar-refractivity contribution >= 4 is 35.0 Å². The molecule has 0 bridgehead atoms. The van der Waals surface area contributed by atoms with Crippen LogP contribution < -0.4 is 5.32 Å². The fraction of sp³-hybridized carbons (Fsp3) is 0.400. The van der Waals surface area contributed by atoms with Crippen LogP contribution in [-0.2, 0) is 0 Å². The van der Waals surface area contributed by atoms with Gasteiger partial charge in [-0.25, -0.2) is 4.79 Å². The number of amides is 1. The second-order valence-electron chi connectivity index (χ2n) is 3.23. The molecule has 0 radical (unpaired) electrons. The Morgan fingerprint density at radius 2 is 2.12 bits per heavy atom. The normalized spacial score (nSPS) is 12.1. The fourth-order valence-electron chi connectivity index (χ4n) is 0.982. The smallest absolute Gasteiger partial charge is 0.345 e. The van der Waals surface area contributed by atoms with Crippen LogP contribution in [0.3, 0.4) is 0 Å². The SMILES string of the molecule is CSC(C)CNC(=O)c1ccc(C(=O)O)s1. The van der Waals surface area contributed by atoms with Crippen LogP contribution in [0.4, 0.5) is 0 Å². The molecular weight excluding hydrogens is 246 g/mol. The summed E-state index contributed by atoms with van der Waals surface area (Å²) in [6.07, 6.45) is 1.98. The topological polar surface area (TPSA) is 66.4 Å². The third-order valence-corrected chi connectivity index (χ3v) is 4.04. The van der Waals surface area contributed by atoms with Gasteiger partial charge in [-0.2, -0.15) is 11.8 Å². The molecule has 0 fully saturated rings. The molecule has 1 aromatic rings. The summed E-state index contributed by atoms with van der Waals surface area (Å²) in [7, 11) is 0. The molecule has 88 valence electrons. The van der Waals surface area contributed by atoms with Crippen molar-refractivity contribution < 1.29 is 14.7 Å². The number of aromatic carboxylic acids is 1. The van der Waals surface area contributed by atoms with Crippen LogP contribution in [0.2, 0.25) is 0 Å². The van der Waals surface area contributed by atoms with Crippen molar-refractivity contribution in [1.29, 1.82) is 0 Å². The van der Waals surface area contributed by atoms with E-state index in [1.807, 2.05) is 13.2 Å². The van der Waals surface area contributed by atoms with Crippen LogP contribution in [0.1, 0.15) is 26.3 Å².